The van der Waals surface area contributed by atoms with Gasteiger partial charge in [0.25, 0.3) is 5.78 Å². The Morgan fingerprint density at radius 2 is 1.73 bits per heavy atom. The molecule has 0 aliphatic carbocycles. The molecule has 1 rings (SSSR count). The maximum absolute atomic E-state index is 11.3. The van der Waals surface area contributed by atoms with Crippen molar-refractivity contribution < 1.29 is 24.4 Å². The van der Waals surface area contributed by atoms with Crippen LogP contribution in [-0.4, -0.2) is 36.0 Å². The zero-order valence-corrected chi connectivity index (χ0v) is 8.01. The summed E-state index contributed by atoms with van der Waals surface area (Å²) in [5.74, 6) is -1.72. The lowest BCUT2D eigenvalue weighted by Crippen LogP contribution is -2.29. The molecule has 1 aromatic carbocycles. The molecule has 1 aromatic rings. The fourth-order valence-corrected chi connectivity index (χ4v) is 1.02. The molecular weight excluding hydrogens is 199 g/mol. The van der Waals surface area contributed by atoms with Crippen LogP contribution in [0.25, 0.3) is 0 Å². The molecule has 6 heteroatoms. The van der Waals surface area contributed by atoms with Crippen molar-refractivity contribution in [2.24, 2.45) is 0 Å². The Morgan fingerprint density at radius 1 is 1.20 bits per heavy atom. The van der Waals surface area contributed by atoms with Crippen LogP contribution in [0.3, 0.4) is 0 Å². The first-order chi connectivity index (χ1) is 7.06. The van der Waals surface area contributed by atoms with E-state index in [1.54, 1.807) is 0 Å². The molecule has 0 amide bonds. The summed E-state index contributed by atoms with van der Waals surface area (Å²) in [5.41, 5.74) is 0.391. The number of carbonyl (C=O) groups excluding carboxylic acids is 2. The first-order valence-corrected chi connectivity index (χ1v) is 4.15. The second-order valence-corrected chi connectivity index (χ2v) is 2.82. The quantitative estimate of drug-likeness (QED) is 0.280. The SMILES string of the molecule is COC(=O)C(=O)c1ccc(B(O)O)cc1. The Kier molecular flexibility index (Phi) is 3.59. The van der Waals surface area contributed by atoms with E-state index in [9.17, 15) is 9.59 Å². The third-order valence-corrected chi connectivity index (χ3v) is 1.84. The average molecular weight is 208 g/mol. The Labute approximate surface area is 86.4 Å². The molecule has 15 heavy (non-hydrogen) atoms. The summed E-state index contributed by atoms with van der Waals surface area (Å²) >= 11 is 0. The first kappa shape index (κ1) is 11.4. The molecule has 0 unspecified atom stereocenters. The third kappa shape index (κ3) is 2.65. The number of ketones is 1. The van der Waals surface area contributed by atoms with Crippen LogP contribution in [0, 0.1) is 0 Å². The number of carbonyl (C=O) groups is 2. The van der Waals surface area contributed by atoms with Gasteiger partial charge in [-0.2, -0.15) is 0 Å². The van der Waals surface area contributed by atoms with Gasteiger partial charge in [-0.3, -0.25) is 4.79 Å². The van der Waals surface area contributed by atoms with Crippen LogP contribution < -0.4 is 5.46 Å². The van der Waals surface area contributed by atoms with E-state index in [0.717, 1.165) is 7.11 Å². The lowest BCUT2D eigenvalue weighted by atomic mass is 9.80. The van der Waals surface area contributed by atoms with E-state index in [-0.39, 0.29) is 11.0 Å². The molecule has 0 aliphatic rings. The van der Waals surface area contributed by atoms with Gasteiger partial charge in [-0.15, -0.1) is 0 Å². The molecule has 0 saturated heterocycles. The predicted octanol–water partition coefficient (Wildman–Crippen LogP) is -1.28. The normalized spacial score (nSPS) is 9.53. The minimum atomic E-state index is -1.59. The fourth-order valence-electron chi connectivity index (χ4n) is 1.02. The standard InChI is InChI=1S/C9H9BO5/c1-15-9(12)8(11)6-2-4-7(5-3-6)10(13)14/h2-5,13-14H,1H3. The largest absolute Gasteiger partial charge is 0.488 e. The van der Waals surface area contributed by atoms with Gasteiger partial charge in [0.2, 0.25) is 0 Å². The highest BCUT2D eigenvalue weighted by Crippen LogP contribution is 2.00. The van der Waals surface area contributed by atoms with Crippen molar-refractivity contribution in [2.75, 3.05) is 7.11 Å². The van der Waals surface area contributed by atoms with E-state index in [1.165, 1.54) is 24.3 Å². The van der Waals surface area contributed by atoms with Crippen molar-refractivity contribution in [1.82, 2.24) is 0 Å². The number of rotatable bonds is 3. The van der Waals surface area contributed by atoms with Gasteiger partial charge in [0.05, 0.1) is 7.11 Å². The summed E-state index contributed by atoms with van der Waals surface area (Å²) in [7, 11) is -0.473. The summed E-state index contributed by atoms with van der Waals surface area (Å²) in [4.78, 5) is 22.1. The van der Waals surface area contributed by atoms with Crippen LogP contribution in [0.4, 0.5) is 0 Å². The zero-order chi connectivity index (χ0) is 11.4. The topological polar surface area (TPSA) is 83.8 Å². The molecule has 0 heterocycles. The third-order valence-electron chi connectivity index (χ3n) is 1.84. The molecule has 78 valence electrons. The van der Waals surface area contributed by atoms with Gasteiger partial charge in [-0.1, -0.05) is 24.3 Å². The van der Waals surface area contributed by atoms with E-state index < -0.39 is 18.9 Å². The fraction of sp³-hybridized carbons (Fsp3) is 0.111. The van der Waals surface area contributed by atoms with Crippen LogP contribution in [0.2, 0.25) is 0 Å². The Hall–Kier alpha value is -1.66. The molecule has 0 aromatic heterocycles. The van der Waals surface area contributed by atoms with E-state index in [4.69, 9.17) is 10.0 Å². The van der Waals surface area contributed by atoms with Gasteiger partial charge in [0, 0.05) is 5.56 Å². The van der Waals surface area contributed by atoms with Crippen molar-refractivity contribution >= 4 is 24.3 Å². The summed E-state index contributed by atoms with van der Waals surface area (Å²) in [5, 5.41) is 17.6. The molecule has 0 bridgehead atoms. The Bertz CT molecular complexity index is 371. The molecule has 2 N–H and O–H groups in total. The van der Waals surface area contributed by atoms with E-state index in [0.29, 0.717) is 0 Å². The van der Waals surface area contributed by atoms with Crippen molar-refractivity contribution in [1.29, 1.82) is 0 Å². The molecule has 0 spiro atoms. The number of Topliss-reactive ketones (excluding diaryl/α,β-unsaturated/α-hetero) is 1. The van der Waals surface area contributed by atoms with Crippen LogP contribution in [0.1, 0.15) is 10.4 Å². The molecule has 0 radical (unpaired) electrons. The highest BCUT2D eigenvalue weighted by Gasteiger charge is 2.17. The summed E-state index contributed by atoms with van der Waals surface area (Å²) in [6.45, 7) is 0. The maximum Gasteiger partial charge on any atom is 0.488 e. The number of ether oxygens (including phenoxy) is 1. The minimum Gasteiger partial charge on any atom is -0.463 e. The van der Waals surface area contributed by atoms with Crippen LogP contribution in [0.15, 0.2) is 24.3 Å². The van der Waals surface area contributed by atoms with Gasteiger partial charge >= 0.3 is 13.1 Å². The lowest BCUT2D eigenvalue weighted by Gasteiger charge is -2.01. The highest BCUT2D eigenvalue weighted by atomic mass is 16.5. The smallest absolute Gasteiger partial charge is 0.463 e. The van der Waals surface area contributed by atoms with Gasteiger partial charge in [0.15, 0.2) is 0 Å². The molecule has 0 saturated carbocycles. The first-order valence-electron chi connectivity index (χ1n) is 4.15. The summed E-state index contributed by atoms with van der Waals surface area (Å²) < 4.78 is 4.26. The van der Waals surface area contributed by atoms with Crippen molar-refractivity contribution in [2.45, 2.75) is 0 Å². The monoisotopic (exact) mass is 208 g/mol. The minimum absolute atomic E-state index is 0.145. The molecule has 0 atom stereocenters. The Morgan fingerprint density at radius 3 is 2.13 bits per heavy atom. The van der Waals surface area contributed by atoms with Crippen LogP contribution in [0.5, 0.6) is 0 Å². The van der Waals surface area contributed by atoms with Gasteiger partial charge in [-0.05, 0) is 5.46 Å². The molecule has 0 fully saturated rings. The number of hydrogen-bond donors (Lipinski definition) is 2. The number of benzene rings is 1. The second kappa shape index (κ2) is 4.72. The summed E-state index contributed by atoms with van der Waals surface area (Å²) in [6.07, 6.45) is 0. The van der Waals surface area contributed by atoms with Crippen LogP contribution in [-0.2, 0) is 9.53 Å². The van der Waals surface area contributed by atoms with Gasteiger partial charge in [0.1, 0.15) is 0 Å². The highest BCUT2D eigenvalue weighted by molar-refractivity contribution is 6.58. The van der Waals surface area contributed by atoms with Crippen molar-refractivity contribution in [3.05, 3.63) is 29.8 Å². The molecular formula is C9H9BO5. The zero-order valence-electron chi connectivity index (χ0n) is 8.01. The van der Waals surface area contributed by atoms with Crippen molar-refractivity contribution in [3.63, 3.8) is 0 Å². The van der Waals surface area contributed by atoms with E-state index in [1.807, 2.05) is 0 Å². The predicted molar refractivity (Wildman–Crippen MR) is 52.6 cm³/mol. The second-order valence-electron chi connectivity index (χ2n) is 2.82. The number of methoxy groups -OCH3 is 1. The van der Waals surface area contributed by atoms with Gasteiger partial charge in [-0.25, -0.2) is 4.79 Å². The number of esters is 1. The Balaban J connectivity index is 2.89. The van der Waals surface area contributed by atoms with E-state index in [2.05, 4.69) is 4.74 Å². The van der Waals surface area contributed by atoms with Gasteiger partial charge < -0.3 is 14.8 Å². The lowest BCUT2D eigenvalue weighted by molar-refractivity contribution is -0.135. The number of hydrogen-bond acceptors (Lipinski definition) is 5. The van der Waals surface area contributed by atoms with Crippen molar-refractivity contribution in [3.8, 4) is 0 Å². The maximum atomic E-state index is 11.3. The van der Waals surface area contributed by atoms with E-state index >= 15 is 0 Å². The average Bonchev–Trinajstić information content (AvgIpc) is 2.27. The summed E-state index contributed by atoms with van der Waals surface area (Å²) in [6, 6.07) is 5.35. The molecule has 5 nitrogen and oxygen atoms in total. The van der Waals surface area contributed by atoms with Crippen LogP contribution >= 0.6 is 0 Å². The molecule has 0 aliphatic heterocycles.